The third kappa shape index (κ3) is 3.01. The Morgan fingerprint density at radius 3 is 2.96 bits per heavy atom. The number of aliphatic imine (C=N–C) groups is 1. The van der Waals surface area contributed by atoms with Gasteiger partial charge in [-0.3, -0.25) is 4.79 Å². The second kappa shape index (κ2) is 6.31. The van der Waals surface area contributed by atoms with Crippen LogP contribution in [0.2, 0.25) is 0 Å². The lowest BCUT2D eigenvalue weighted by atomic mass is 9.94. The van der Waals surface area contributed by atoms with Gasteiger partial charge in [0.1, 0.15) is 0 Å². The van der Waals surface area contributed by atoms with Crippen LogP contribution in [-0.2, 0) is 11.2 Å². The lowest BCUT2D eigenvalue weighted by Crippen LogP contribution is -2.13. The van der Waals surface area contributed by atoms with E-state index in [4.69, 9.17) is 4.52 Å². The zero-order valence-corrected chi connectivity index (χ0v) is 14.3. The lowest BCUT2D eigenvalue weighted by molar-refractivity contribution is -0.113. The number of carbonyl (C=O) groups excluding carboxylic acids is 1. The summed E-state index contributed by atoms with van der Waals surface area (Å²) < 4.78 is 5.29. The van der Waals surface area contributed by atoms with E-state index < -0.39 is 0 Å². The standard InChI is InChI=1S/C18H19N5O2/c1-10(2)18-21-16(23-25-18)13-5-6-14-11(7-13)3-4-12(14)8-15(24)17-19-9-20-22-17/h5-7,10,12H,3-4,8-9H2,1-2H3/t12-/m0/s1. The highest BCUT2D eigenvalue weighted by Crippen LogP contribution is 2.37. The highest BCUT2D eigenvalue weighted by molar-refractivity contribution is 6.39. The van der Waals surface area contributed by atoms with E-state index in [1.165, 1.54) is 11.1 Å². The van der Waals surface area contributed by atoms with Crippen molar-refractivity contribution in [2.45, 2.75) is 44.9 Å². The molecular weight excluding hydrogens is 318 g/mol. The van der Waals surface area contributed by atoms with E-state index >= 15 is 0 Å². The molecule has 2 heterocycles. The van der Waals surface area contributed by atoms with Crippen LogP contribution in [0, 0.1) is 0 Å². The number of rotatable bonds is 5. The molecule has 128 valence electrons. The van der Waals surface area contributed by atoms with Gasteiger partial charge in [-0.25, -0.2) is 4.99 Å². The zero-order valence-electron chi connectivity index (χ0n) is 14.3. The highest BCUT2D eigenvalue weighted by Gasteiger charge is 2.27. The number of amidine groups is 1. The summed E-state index contributed by atoms with van der Waals surface area (Å²) in [6.07, 6.45) is 2.34. The van der Waals surface area contributed by atoms with Crippen molar-refractivity contribution < 1.29 is 9.32 Å². The summed E-state index contributed by atoms with van der Waals surface area (Å²) in [4.78, 5) is 20.7. The van der Waals surface area contributed by atoms with E-state index in [1.54, 1.807) is 0 Å². The Balaban J connectivity index is 1.53. The molecule has 0 amide bonds. The van der Waals surface area contributed by atoms with Gasteiger partial charge < -0.3 is 4.52 Å². The number of azo groups is 1. The number of hydrogen-bond donors (Lipinski definition) is 0. The summed E-state index contributed by atoms with van der Waals surface area (Å²) in [5, 5.41) is 11.6. The Labute approximate surface area is 145 Å². The predicted octanol–water partition coefficient (Wildman–Crippen LogP) is 3.67. The lowest BCUT2D eigenvalue weighted by Gasteiger charge is -2.10. The summed E-state index contributed by atoms with van der Waals surface area (Å²) in [6.45, 7) is 4.32. The number of fused-ring (bicyclic) bond motifs is 1. The molecule has 0 N–H and O–H groups in total. The minimum atomic E-state index is -0.0251. The van der Waals surface area contributed by atoms with Crippen LogP contribution < -0.4 is 0 Å². The van der Waals surface area contributed by atoms with Gasteiger partial charge in [0.25, 0.3) is 0 Å². The number of Topliss-reactive ketones (excluding diaryl/α,β-unsaturated/α-hetero) is 1. The van der Waals surface area contributed by atoms with Gasteiger partial charge >= 0.3 is 0 Å². The van der Waals surface area contributed by atoms with Gasteiger partial charge in [0.2, 0.25) is 23.3 Å². The monoisotopic (exact) mass is 337 g/mol. The Bertz CT molecular complexity index is 881. The topological polar surface area (TPSA) is 93.1 Å². The smallest absolute Gasteiger partial charge is 0.229 e. The first kappa shape index (κ1) is 15.8. The molecule has 1 atom stereocenters. The molecule has 0 unspecified atom stereocenters. The first-order valence-corrected chi connectivity index (χ1v) is 8.54. The van der Waals surface area contributed by atoms with E-state index in [1.807, 2.05) is 19.9 Å². The summed E-state index contributed by atoms with van der Waals surface area (Å²) in [6, 6.07) is 6.20. The predicted molar refractivity (Wildman–Crippen MR) is 91.7 cm³/mol. The summed E-state index contributed by atoms with van der Waals surface area (Å²) >= 11 is 0. The number of carbonyl (C=O) groups is 1. The van der Waals surface area contributed by atoms with Crippen molar-refractivity contribution in [2.75, 3.05) is 6.67 Å². The molecule has 7 heteroatoms. The number of ketones is 1. The van der Waals surface area contributed by atoms with Crippen LogP contribution in [0.3, 0.4) is 0 Å². The third-order valence-electron chi connectivity index (χ3n) is 4.67. The zero-order chi connectivity index (χ0) is 17.4. The average Bonchev–Trinajstić information content (AvgIpc) is 3.35. The van der Waals surface area contributed by atoms with E-state index in [9.17, 15) is 4.79 Å². The molecule has 0 fully saturated rings. The second-order valence-corrected chi connectivity index (χ2v) is 6.75. The van der Waals surface area contributed by atoms with E-state index in [0.29, 0.717) is 18.1 Å². The molecule has 4 rings (SSSR count). The SMILES string of the molecule is CC(C)c1nc(-c2ccc3c(c2)CC[C@H]3CC(=O)C2=NCN=N2)no1. The number of benzene rings is 1. The first-order valence-electron chi connectivity index (χ1n) is 8.54. The normalized spacial score (nSPS) is 18.7. The van der Waals surface area contributed by atoms with Gasteiger partial charge in [-0.05, 0) is 36.0 Å². The van der Waals surface area contributed by atoms with Gasteiger partial charge in [0.15, 0.2) is 6.67 Å². The quantitative estimate of drug-likeness (QED) is 0.832. The van der Waals surface area contributed by atoms with E-state index in [0.717, 1.165) is 18.4 Å². The molecule has 2 aromatic rings. The van der Waals surface area contributed by atoms with Crippen LogP contribution in [0.4, 0.5) is 0 Å². The van der Waals surface area contributed by atoms with Crippen molar-refractivity contribution >= 4 is 11.6 Å². The molecule has 0 saturated carbocycles. The van der Waals surface area contributed by atoms with Gasteiger partial charge in [0, 0.05) is 17.9 Å². The fourth-order valence-corrected chi connectivity index (χ4v) is 3.33. The van der Waals surface area contributed by atoms with Crippen LogP contribution in [-0.4, -0.2) is 28.4 Å². The number of hydrogen-bond acceptors (Lipinski definition) is 7. The van der Waals surface area contributed by atoms with Gasteiger partial charge in [-0.15, -0.1) is 5.11 Å². The van der Waals surface area contributed by atoms with Crippen molar-refractivity contribution in [3.05, 3.63) is 35.2 Å². The Morgan fingerprint density at radius 1 is 1.36 bits per heavy atom. The van der Waals surface area contributed by atoms with E-state index in [2.05, 4.69) is 37.5 Å². The molecule has 1 aliphatic carbocycles. The fraction of sp³-hybridized carbons (Fsp3) is 0.444. The number of aromatic nitrogens is 2. The molecule has 2 aliphatic rings. The van der Waals surface area contributed by atoms with Gasteiger partial charge in [-0.2, -0.15) is 10.1 Å². The molecule has 0 saturated heterocycles. The van der Waals surface area contributed by atoms with Crippen molar-refractivity contribution in [2.24, 2.45) is 15.2 Å². The molecular formula is C18H19N5O2. The summed E-state index contributed by atoms with van der Waals surface area (Å²) in [5.74, 6) is 1.92. The van der Waals surface area contributed by atoms with Crippen LogP contribution in [0.5, 0.6) is 0 Å². The summed E-state index contributed by atoms with van der Waals surface area (Å²) in [7, 11) is 0. The number of nitrogens with zero attached hydrogens (tertiary/aromatic N) is 5. The molecule has 25 heavy (non-hydrogen) atoms. The second-order valence-electron chi connectivity index (χ2n) is 6.75. The molecule has 1 aliphatic heterocycles. The largest absolute Gasteiger partial charge is 0.339 e. The minimum Gasteiger partial charge on any atom is -0.339 e. The van der Waals surface area contributed by atoms with Crippen LogP contribution in [0.15, 0.2) is 37.9 Å². The molecule has 0 radical (unpaired) electrons. The summed E-state index contributed by atoms with van der Waals surface area (Å²) in [5.41, 5.74) is 3.43. The maximum atomic E-state index is 12.2. The highest BCUT2D eigenvalue weighted by atomic mass is 16.5. The Morgan fingerprint density at radius 2 is 2.24 bits per heavy atom. The minimum absolute atomic E-state index is 0.0251. The van der Waals surface area contributed by atoms with Crippen LogP contribution in [0.25, 0.3) is 11.4 Å². The average molecular weight is 337 g/mol. The van der Waals surface area contributed by atoms with Crippen LogP contribution >= 0.6 is 0 Å². The molecule has 7 nitrogen and oxygen atoms in total. The Kier molecular flexibility index (Phi) is 3.99. The number of aryl methyl sites for hydroxylation is 1. The maximum Gasteiger partial charge on any atom is 0.229 e. The first-order chi connectivity index (χ1) is 12.1. The van der Waals surface area contributed by atoms with Gasteiger partial charge in [0.05, 0.1) is 0 Å². The molecule has 1 aromatic heterocycles. The van der Waals surface area contributed by atoms with Crippen LogP contribution in [0.1, 0.15) is 55.5 Å². The van der Waals surface area contributed by atoms with Gasteiger partial charge in [-0.1, -0.05) is 31.1 Å². The maximum absolute atomic E-state index is 12.2. The molecule has 0 bridgehead atoms. The van der Waals surface area contributed by atoms with Crippen molar-refractivity contribution in [3.8, 4) is 11.4 Å². The molecule has 0 spiro atoms. The van der Waals surface area contributed by atoms with Crippen molar-refractivity contribution in [3.63, 3.8) is 0 Å². The van der Waals surface area contributed by atoms with Crippen molar-refractivity contribution in [1.82, 2.24) is 10.1 Å². The van der Waals surface area contributed by atoms with Crippen molar-refractivity contribution in [1.29, 1.82) is 0 Å². The fourth-order valence-electron chi connectivity index (χ4n) is 3.33. The Hall–Kier alpha value is -2.70. The molecule has 1 aromatic carbocycles. The van der Waals surface area contributed by atoms with E-state index in [-0.39, 0.29) is 30.1 Å². The third-order valence-corrected chi connectivity index (χ3v) is 4.67.